The Hall–Kier alpha value is -1.76. The summed E-state index contributed by atoms with van der Waals surface area (Å²) in [6.07, 6.45) is 3.08. The zero-order valence-electron chi connectivity index (χ0n) is 10.6. The molecule has 106 valence electrons. The molecule has 0 aliphatic rings. The zero-order chi connectivity index (χ0) is 14.7. The lowest BCUT2D eigenvalue weighted by molar-refractivity contribution is -0.115. The summed E-state index contributed by atoms with van der Waals surface area (Å²) >= 11 is 3.14. The summed E-state index contributed by atoms with van der Waals surface area (Å²) in [5, 5.41) is 2.60. The Kier molecular flexibility index (Phi) is 4.49. The monoisotopic (exact) mass is 343 g/mol. The molecule has 0 radical (unpaired) electrons. The molecule has 2 aromatic rings. The molecule has 1 atom stereocenters. The van der Waals surface area contributed by atoms with Crippen LogP contribution in [0.1, 0.15) is 12.5 Å². The minimum absolute atomic E-state index is 0.216. The van der Waals surface area contributed by atoms with Crippen molar-refractivity contribution in [3.8, 4) is 0 Å². The first-order valence-electron chi connectivity index (χ1n) is 5.86. The van der Waals surface area contributed by atoms with Gasteiger partial charge in [-0.3, -0.25) is 4.79 Å². The zero-order valence-corrected chi connectivity index (χ0v) is 12.2. The molecule has 0 bridgehead atoms. The largest absolute Gasteiger partial charge is 0.331 e. The van der Waals surface area contributed by atoms with E-state index in [1.807, 2.05) is 0 Å². The van der Waals surface area contributed by atoms with Crippen LogP contribution in [0.4, 0.5) is 14.6 Å². The Balaban J connectivity index is 2.07. The second kappa shape index (κ2) is 6.13. The quantitative estimate of drug-likeness (QED) is 0.867. The van der Waals surface area contributed by atoms with E-state index in [9.17, 15) is 13.6 Å². The molecule has 2 rings (SSSR count). The lowest BCUT2D eigenvalue weighted by Gasteiger charge is -2.04. The number of hydrogen-bond donors (Lipinski definition) is 1. The molecular weight excluding hydrogens is 332 g/mol. The molecule has 1 amide bonds. The third kappa shape index (κ3) is 3.86. The van der Waals surface area contributed by atoms with Gasteiger partial charge in [0.15, 0.2) is 5.82 Å². The van der Waals surface area contributed by atoms with E-state index in [0.29, 0.717) is 11.4 Å². The highest BCUT2D eigenvalue weighted by atomic mass is 79.9. The topological polar surface area (TPSA) is 46.9 Å². The molecule has 1 N–H and O–H groups in total. The summed E-state index contributed by atoms with van der Waals surface area (Å²) in [6, 6.07) is 3.32. The van der Waals surface area contributed by atoms with Crippen molar-refractivity contribution in [3.05, 3.63) is 47.9 Å². The Morgan fingerprint density at radius 1 is 1.40 bits per heavy atom. The van der Waals surface area contributed by atoms with Crippen LogP contribution in [0, 0.1) is 11.6 Å². The van der Waals surface area contributed by atoms with Gasteiger partial charge in [-0.15, -0.1) is 0 Å². The SMILES string of the molecule is C[C@@H](Br)C(=O)Nc1cn(Cc2cc(F)cc(F)c2)cn1. The number of halogens is 3. The molecule has 0 spiro atoms. The van der Waals surface area contributed by atoms with Gasteiger partial charge >= 0.3 is 0 Å². The number of rotatable bonds is 4. The molecule has 1 aromatic heterocycles. The maximum atomic E-state index is 13.1. The van der Waals surface area contributed by atoms with E-state index in [1.165, 1.54) is 18.5 Å². The van der Waals surface area contributed by atoms with E-state index >= 15 is 0 Å². The van der Waals surface area contributed by atoms with Crippen molar-refractivity contribution in [1.29, 1.82) is 0 Å². The first kappa shape index (κ1) is 14.6. The van der Waals surface area contributed by atoms with Gasteiger partial charge in [0.1, 0.15) is 11.6 Å². The van der Waals surface area contributed by atoms with Crippen LogP contribution < -0.4 is 5.32 Å². The molecule has 20 heavy (non-hydrogen) atoms. The standard InChI is InChI=1S/C13H12BrF2N3O/c1-8(14)13(20)18-12-6-19(7-17-12)5-9-2-10(15)4-11(16)3-9/h2-4,6-8H,5H2,1H3,(H,18,20)/t8-/m1/s1. The third-order valence-electron chi connectivity index (χ3n) is 2.53. The number of nitrogens with zero attached hydrogens (tertiary/aromatic N) is 2. The van der Waals surface area contributed by atoms with Crippen LogP contribution in [0.5, 0.6) is 0 Å². The highest BCUT2D eigenvalue weighted by molar-refractivity contribution is 9.10. The van der Waals surface area contributed by atoms with E-state index in [-0.39, 0.29) is 17.3 Å². The first-order chi connectivity index (χ1) is 9.44. The van der Waals surface area contributed by atoms with Crippen LogP contribution in [-0.2, 0) is 11.3 Å². The summed E-state index contributed by atoms with van der Waals surface area (Å²) in [6.45, 7) is 1.96. The summed E-state index contributed by atoms with van der Waals surface area (Å²) in [7, 11) is 0. The molecule has 0 fully saturated rings. The van der Waals surface area contributed by atoms with E-state index in [0.717, 1.165) is 6.07 Å². The van der Waals surface area contributed by atoms with Gasteiger partial charge in [-0.1, -0.05) is 15.9 Å². The van der Waals surface area contributed by atoms with Crippen LogP contribution in [-0.4, -0.2) is 20.3 Å². The number of imidazole rings is 1. The van der Waals surface area contributed by atoms with Gasteiger partial charge in [0.05, 0.1) is 11.2 Å². The molecule has 1 heterocycles. The van der Waals surface area contributed by atoms with E-state index < -0.39 is 11.6 Å². The average molecular weight is 344 g/mol. The molecule has 0 saturated carbocycles. The molecular formula is C13H12BrF2N3O. The van der Waals surface area contributed by atoms with Gasteiger partial charge in [-0.05, 0) is 24.6 Å². The number of hydrogen-bond acceptors (Lipinski definition) is 2. The number of amides is 1. The molecule has 0 saturated heterocycles. The van der Waals surface area contributed by atoms with Gasteiger partial charge < -0.3 is 9.88 Å². The normalized spacial score (nSPS) is 12.2. The number of carbonyl (C=O) groups excluding carboxylic acids is 1. The minimum atomic E-state index is -0.623. The second-order valence-corrected chi connectivity index (χ2v) is 5.69. The van der Waals surface area contributed by atoms with Crippen LogP contribution in [0.3, 0.4) is 0 Å². The predicted molar refractivity (Wildman–Crippen MR) is 74.7 cm³/mol. The van der Waals surface area contributed by atoms with Crippen LogP contribution in [0.2, 0.25) is 0 Å². The Labute approximate surface area is 122 Å². The summed E-state index contributed by atoms with van der Waals surface area (Å²) in [5.41, 5.74) is 0.478. The fourth-order valence-corrected chi connectivity index (χ4v) is 1.76. The second-order valence-electron chi connectivity index (χ2n) is 4.31. The number of benzene rings is 1. The highest BCUT2D eigenvalue weighted by Gasteiger charge is 2.10. The lowest BCUT2D eigenvalue weighted by Crippen LogP contribution is -2.20. The third-order valence-corrected chi connectivity index (χ3v) is 2.95. The van der Waals surface area contributed by atoms with Crippen molar-refractivity contribution in [2.45, 2.75) is 18.3 Å². The number of alkyl halides is 1. The van der Waals surface area contributed by atoms with Crippen molar-refractivity contribution >= 4 is 27.7 Å². The highest BCUT2D eigenvalue weighted by Crippen LogP contribution is 2.12. The van der Waals surface area contributed by atoms with Crippen molar-refractivity contribution in [2.75, 3.05) is 5.32 Å². The van der Waals surface area contributed by atoms with Crippen molar-refractivity contribution in [2.24, 2.45) is 0 Å². The van der Waals surface area contributed by atoms with E-state index in [1.54, 1.807) is 17.7 Å². The van der Waals surface area contributed by atoms with E-state index in [2.05, 4.69) is 26.2 Å². The average Bonchev–Trinajstić information content (AvgIpc) is 2.74. The molecule has 1 aromatic carbocycles. The van der Waals surface area contributed by atoms with Gasteiger partial charge in [-0.25, -0.2) is 13.8 Å². The predicted octanol–water partition coefficient (Wildman–Crippen LogP) is 2.93. The Morgan fingerprint density at radius 3 is 2.65 bits per heavy atom. The number of carbonyl (C=O) groups is 1. The molecule has 0 unspecified atom stereocenters. The first-order valence-corrected chi connectivity index (χ1v) is 6.77. The van der Waals surface area contributed by atoms with Crippen LogP contribution >= 0.6 is 15.9 Å². The maximum Gasteiger partial charge on any atom is 0.239 e. The minimum Gasteiger partial charge on any atom is -0.331 e. The van der Waals surface area contributed by atoms with Gasteiger partial charge in [0, 0.05) is 18.8 Å². The van der Waals surface area contributed by atoms with E-state index in [4.69, 9.17) is 0 Å². The van der Waals surface area contributed by atoms with Crippen molar-refractivity contribution in [1.82, 2.24) is 9.55 Å². The van der Waals surface area contributed by atoms with Gasteiger partial charge in [0.25, 0.3) is 0 Å². The summed E-state index contributed by atoms with van der Waals surface area (Å²) in [4.78, 5) is 15.1. The maximum absolute atomic E-state index is 13.1. The molecule has 0 aliphatic heterocycles. The Morgan fingerprint density at radius 2 is 2.05 bits per heavy atom. The van der Waals surface area contributed by atoms with Crippen molar-refractivity contribution < 1.29 is 13.6 Å². The van der Waals surface area contributed by atoms with Crippen molar-refractivity contribution in [3.63, 3.8) is 0 Å². The van der Waals surface area contributed by atoms with Gasteiger partial charge in [0.2, 0.25) is 5.91 Å². The lowest BCUT2D eigenvalue weighted by atomic mass is 10.2. The number of aromatic nitrogens is 2. The molecule has 4 nitrogen and oxygen atoms in total. The van der Waals surface area contributed by atoms with Gasteiger partial charge in [-0.2, -0.15) is 0 Å². The fourth-order valence-electron chi connectivity index (χ4n) is 1.65. The summed E-state index contributed by atoms with van der Waals surface area (Å²) < 4.78 is 27.8. The molecule has 0 aliphatic carbocycles. The Bertz CT molecular complexity index is 608. The summed E-state index contributed by atoms with van der Waals surface area (Å²) in [5.74, 6) is -1.08. The number of anilines is 1. The smallest absolute Gasteiger partial charge is 0.239 e. The number of nitrogens with one attached hydrogen (secondary N) is 1. The fraction of sp³-hybridized carbons (Fsp3) is 0.231. The van der Waals surface area contributed by atoms with Crippen LogP contribution in [0.15, 0.2) is 30.7 Å². The van der Waals surface area contributed by atoms with Crippen LogP contribution in [0.25, 0.3) is 0 Å². The molecule has 7 heteroatoms.